The first-order chi connectivity index (χ1) is 6.86. The molecular weight excluding hydrogens is 168 g/mol. The Hall–Kier alpha value is 0. The van der Waals surface area contributed by atoms with Crippen LogP contribution >= 0.6 is 0 Å². The van der Waals surface area contributed by atoms with Crippen molar-refractivity contribution < 1.29 is 0 Å². The van der Waals surface area contributed by atoms with Crippen molar-refractivity contribution in [3.63, 3.8) is 0 Å². The molecule has 0 nitrogen and oxygen atoms in total. The van der Waals surface area contributed by atoms with Gasteiger partial charge in [0.1, 0.15) is 0 Å². The average Bonchev–Trinajstić information content (AvgIpc) is 2.43. The van der Waals surface area contributed by atoms with Crippen LogP contribution in [0.25, 0.3) is 0 Å². The molecule has 4 atom stereocenters. The summed E-state index contributed by atoms with van der Waals surface area (Å²) in [4.78, 5) is 0. The van der Waals surface area contributed by atoms with Gasteiger partial charge in [0.25, 0.3) is 0 Å². The van der Waals surface area contributed by atoms with E-state index in [0.29, 0.717) is 0 Å². The van der Waals surface area contributed by atoms with Crippen molar-refractivity contribution in [1.29, 1.82) is 0 Å². The van der Waals surface area contributed by atoms with Crippen molar-refractivity contribution in [2.24, 2.45) is 23.7 Å². The van der Waals surface area contributed by atoms with Crippen LogP contribution in [-0.2, 0) is 0 Å². The highest BCUT2D eigenvalue weighted by Gasteiger charge is 2.44. The molecule has 2 fully saturated rings. The summed E-state index contributed by atoms with van der Waals surface area (Å²) in [5, 5.41) is 0. The fourth-order valence-corrected chi connectivity index (χ4v) is 3.91. The van der Waals surface area contributed by atoms with Crippen LogP contribution in [0.2, 0.25) is 0 Å². The van der Waals surface area contributed by atoms with E-state index in [0.717, 1.165) is 23.7 Å². The molecule has 0 aromatic heterocycles. The van der Waals surface area contributed by atoms with Gasteiger partial charge in [-0.05, 0) is 49.4 Å². The molecular formula is C14H26. The van der Waals surface area contributed by atoms with Crippen molar-refractivity contribution in [3.8, 4) is 0 Å². The molecule has 0 N–H and O–H groups in total. The zero-order valence-electron chi connectivity index (χ0n) is 9.97. The van der Waals surface area contributed by atoms with E-state index in [4.69, 9.17) is 0 Å². The lowest BCUT2D eigenvalue weighted by molar-refractivity contribution is 0.124. The maximum atomic E-state index is 2.41. The number of unbranched alkanes of at least 4 members (excludes halogenated alkanes) is 1. The number of hydrogen-bond donors (Lipinski definition) is 0. The third-order valence-corrected chi connectivity index (χ3v) is 4.96. The number of fused-ring (bicyclic) bond motifs is 1. The minimum atomic E-state index is 1.07. The van der Waals surface area contributed by atoms with E-state index in [-0.39, 0.29) is 0 Å². The third kappa shape index (κ3) is 1.85. The molecule has 82 valence electrons. The number of hydrogen-bond acceptors (Lipinski definition) is 0. The van der Waals surface area contributed by atoms with Crippen molar-refractivity contribution in [3.05, 3.63) is 0 Å². The van der Waals surface area contributed by atoms with E-state index in [2.05, 4.69) is 13.8 Å². The summed E-state index contributed by atoms with van der Waals surface area (Å²) in [5.74, 6) is 4.53. The smallest absolute Gasteiger partial charge is 0.0355 e. The maximum Gasteiger partial charge on any atom is -0.0355 e. The van der Waals surface area contributed by atoms with Crippen LogP contribution in [0.4, 0.5) is 0 Å². The fraction of sp³-hybridized carbons (Fsp3) is 1.00. The van der Waals surface area contributed by atoms with E-state index in [1.54, 1.807) is 25.7 Å². The minimum absolute atomic E-state index is 1.07. The van der Waals surface area contributed by atoms with Gasteiger partial charge in [0, 0.05) is 0 Å². The second-order valence-corrected chi connectivity index (χ2v) is 5.55. The van der Waals surface area contributed by atoms with Gasteiger partial charge in [-0.25, -0.2) is 0 Å². The lowest BCUT2D eigenvalue weighted by Gasteiger charge is -2.37. The first-order valence-corrected chi connectivity index (χ1v) is 6.86. The summed E-state index contributed by atoms with van der Waals surface area (Å²) in [5.41, 5.74) is 0. The van der Waals surface area contributed by atoms with Crippen molar-refractivity contribution >= 4 is 0 Å². The molecule has 4 unspecified atom stereocenters. The van der Waals surface area contributed by atoms with Crippen LogP contribution in [0.5, 0.6) is 0 Å². The molecule has 2 rings (SSSR count). The van der Waals surface area contributed by atoms with E-state index in [1.165, 1.54) is 25.7 Å². The van der Waals surface area contributed by atoms with E-state index < -0.39 is 0 Å². The molecule has 2 saturated carbocycles. The summed E-state index contributed by atoms with van der Waals surface area (Å²) < 4.78 is 0. The lowest BCUT2D eigenvalue weighted by Crippen LogP contribution is -2.29. The van der Waals surface area contributed by atoms with Crippen LogP contribution in [0.3, 0.4) is 0 Å². The van der Waals surface area contributed by atoms with Crippen LogP contribution in [0, 0.1) is 23.7 Å². The predicted octanol–water partition coefficient (Wildman–Crippen LogP) is 4.64. The third-order valence-electron chi connectivity index (χ3n) is 4.96. The number of rotatable bonds is 5. The Bertz CT molecular complexity index is 173. The van der Waals surface area contributed by atoms with Gasteiger partial charge in [-0.1, -0.05) is 39.5 Å². The highest BCUT2D eigenvalue weighted by atomic mass is 14.5. The van der Waals surface area contributed by atoms with Gasteiger partial charge in [-0.3, -0.25) is 0 Å². The molecule has 2 aliphatic rings. The molecule has 14 heavy (non-hydrogen) atoms. The molecule has 0 heteroatoms. The lowest BCUT2D eigenvalue weighted by atomic mass is 9.68. The van der Waals surface area contributed by atoms with Crippen LogP contribution in [-0.4, -0.2) is 0 Å². The van der Waals surface area contributed by atoms with Crippen molar-refractivity contribution in [2.75, 3.05) is 0 Å². The summed E-state index contributed by atoms with van der Waals surface area (Å²) in [6.45, 7) is 4.74. The summed E-state index contributed by atoms with van der Waals surface area (Å²) >= 11 is 0. The molecule has 0 bridgehead atoms. The Morgan fingerprint density at radius 2 is 1.86 bits per heavy atom. The van der Waals surface area contributed by atoms with Gasteiger partial charge < -0.3 is 0 Å². The summed E-state index contributed by atoms with van der Waals surface area (Å²) in [7, 11) is 0. The Morgan fingerprint density at radius 3 is 2.36 bits per heavy atom. The quantitative estimate of drug-likeness (QED) is 0.598. The SMILES string of the molecule is CCCCC(CC)C1CCC2CCC21. The standard InChI is InChI=1S/C14H26/c1-3-5-6-11(4-2)13-9-7-12-8-10-14(12)13/h11-14H,3-10H2,1-2H3. The van der Waals surface area contributed by atoms with Crippen LogP contribution in [0.1, 0.15) is 65.2 Å². The second-order valence-electron chi connectivity index (χ2n) is 5.55. The molecule has 0 spiro atoms. The Morgan fingerprint density at radius 1 is 1.07 bits per heavy atom. The molecule has 0 amide bonds. The van der Waals surface area contributed by atoms with Gasteiger partial charge in [0.05, 0.1) is 0 Å². The monoisotopic (exact) mass is 194 g/mol. The first kappa shape index (κ1) is 10.5. The predicted molar refractivity (Wildman–Crippen MR) is 62.2 cm³/mol. The maximum absolute atomic E-state index is 2.41. The normalized spacial score (nSPS) is 37.7. The van der Waals surface area contributed by atoms with Gasteiger partial charge in [-0.2, -0.15) is 0 Å². The minimum Gasteiger partial charge on any atom is -0.0654 e. The molecule has 0 aromatic carbocycles. The molecule has 2 aliphatic carbocycles. The highest BCUT2D eigenvalue weighted by molar-refractivity contribution is 4.94. The van der Waals surface area contributed by atoms with Gasteiger partial charge in [-0.15, -0.1) is 0 Å². The van der Waals surface area contributed by atoms with Crippen molar-refractivity contribution in [2.45, 2.75) is 65.2 Å². The Balaban J connectivity index is 1.84. The Labute approximate surface area is 89.5 Å². The molecule has 0 radical (unpaired) electrons. The van der Waals surface area contributed by atoms with E-state index in [9.17, 15) is 0 Å². The zero-order valence-corrected chi connectivity index (χ0v) is 9.97. The summed E-state index contributed by atoms with van der Waals surface area (Å²) in [6.07, 6.45) is 12.1. The van der Waals surface area contributed by atoms with Crippen LogP contribution < -0.4 is 0 Å². The molecule has 0 aromatic rings. The van der Waals surface area contributed by atoms with E-state index >= 15 is 0 Å². The Kier molecular flexibility index (Phi) is 3.52. The molecule has 0 aliphatic heterocycles. The van der Waals surface area contributed by atoms with Crippen LogP contribution in [0.15, 0.2) is 0 Å². The fourth-order valence-electron chi connectivity index (χ4n) is 3.91. The van der Waals surface area contributed by atoms with Crippen molar-refractivity contribution in [1.82, 2.24) is 0 Å². The van der Waals surface area contributed by atoms with Gasteiger partial charge in [0.15, 0.2) is 0 Å². The summed E-state index contributed by atoms with van der Waals surface area (Å²) in [6, 6.07) is 0. The zero-order chi connectivity index (χ0) is 9.97. The second kappa shape index (κ2) is 4.68. The largest absolute Gasteiger partial charge is 0.0654 e. The topological polar surface area (TPSA) is 0 Å². The first-order valence-electron chi connectivity index (χ1n) is 6.86. The van der Waals surface area contributed by atoms with Gasteiger partial charge in [0.2, 0.25) is 0 Å². The average molecular weight is 194 g/mol. The molecule has 0 saturated heterocycles. The van der Waals surface area contributed by atoms with E-state index in [1.807, 2.05) is 0 Å². The van der Waals surface area contributed by atoms with Gasteiger partial charge >= 0.3 is 0 Å². The highest BCUT2D eigenvalue weighted by Crippen LogP contribution is 2.54. The molecule has 0 heterocycles.